The van der Waals surface area contributed by atoms with Gasteiger partial charge < -0.3 is 20.0 Å². The third kappa shape index (κ3) is 7.93. The van der Waals surface area contributed by atoms with Crippen LogP contribution in [0.1, 0.15) is 95.5 Å². The van der Waals surface area contributed by atoms with E-state index in [1.54, 1.807) is 4.90 Å². The minimum Gasteiger partial charge on any atom is -0.346 e. The number of nitrogens with one attached hydrogen (secondary N) is 1. The molecule has 0 unspecified atom stereocenters. The topological polar surface area (TPSA) is 90.0 Å². The number of piperazine rings is 2. The lowest BCUT2D eigenvalue weighted by Gasteiger charge is -2.41. The van der Waals surface area contributed by atoms with Gasteiger partial charge >= 0.3 is 23.6 Å². The quantitative estimate of drug-likeness (QED) is 0.296. The minimum absolute atomic E-state index is 0.00285. The van der Waals surface area contributed by atoms with E-state index in [0.29, 0.717) is 44.6 Å². The molecular weight excluding hydrogens is 528 g/mol. The maximum absolute atomic E-state index is 13.4. The smallest absolute Gasteiger partial charge is 0.312 e. The summed E-state index contributed by atoms with van der Waals surface area (Å²) in [6.07, 6.45) is 16.4. The number of hydrogen-bond donors (Lipinski definition) is 1. The van der Waals surface area contributed by atoms with Crippen molar-refractivity contribution in [3.8, 4) is 0 Å². The molecule has 0 radical (unpaired) electrons. The number of hydrogen-bond acceptors (Lipinski definition) is 4. The highest BCUT2D eigenvalue weighted by Crippen LogP contribution is 2.29. The summed E-state index contributed by atoms with van der Waals surface area (Å²) in [7, 11) is 0. The number of benzene rings is 1. The predicted octanol–water partition coefficient (Wildman–Crippen LogP) is 4.32. The highest BCUT2D eigenvalue weighted by atomic mass is 16.2. The number of carbonyl (C=O) groups excluding carboxylic acids is 4. The second-order valence-corrected chi connectivity index (χ2v) is 13.2. The Morgan fingerprint density at radius 1 is 0.667 bits per heavy atom. The lowest BCUT2D eigenvalue weighted by Crippen LogP contribution is -2.60. The van der Waals surface area contributed by atoms with E-state index in [9.17, 15) is 19.2 Å². The fourth-order valence-corrected chi connectivity index (χ4v) is 7.71. The van der Waals surface area contributed by atoms with E-state index in [0.717, 1.165) is 44.9 Å². The largest absolute Gasteiger partial charge is 0.346 e. The highest BCUT2D eigenvalue weighted by Gasteiger charge is 2.39. The van der Waals surface area contributed by atoms with Gasteiger partial charge in [-0.3, -0.25) is 19.2 Å². The molecule has 230 valence electrons. The van der Waals surface area contributed by atoms with Crippen molar-refractivity contribution in [3.63, 3.8) is 0 Å². The Morgan fingerprint density at radius 3 is 2.07 bits per heavy atom. The van der Waals surface area contributed by atoms with Gasteiger partial charge in [-0.15, -0.1) is 0 Å². The molecule has 0 aromatic heterocycles. The second-order valence-electron chi connectivity index (χ2n) is 13.2. The van der Waals surface area contributed by atoms with Crippen LogP contribution in [0.25, 0.3) is 0 Å². The minimum atomic E-state index is -0.489. The summed E-state index contributed by atoms with van der Waals surface area (Å²) in [5.41, 5.74) is 1.19. The van der Waals surface area contributed by atoms with Crippen molar-refractivity contribution < 1.29 is 19.2 Å². The molecule has 2 saturated carbocycles. The molecular formula is C34H50N4O4. The Balaban J connectivity index is 1.16. The van der Waals surface area contributed by atoms with Crippen molar-refractivity contribution in [1.82, 2.24) is 20.0 Å². The van der Waals surface area contributed by atoms with Gasteiger partial charge in [0.1, 0.15) is 0 Å². The van der Waals surface area contributed by atoms with Crippen molar-refractivity contribution in [2.45, 2.75) is 108 Å². The van der Waals surface area contributed by atoms with E-state index in [-0.39, 0.29) is 23.9 Å². The molecule has 42 heavy (non-hydrogen) atoms. The van der Waals surface area contributed by atoms with Crippen molar-refractivity contribution in [2.24, 2.45) is 11.8 Å². The normalized spacial score (nSPS) is 24.8. The van der Waals surface area contributed by atoms with E-state index in [2.05, 4.69) is 17.4 Å². The molecule has 8 heteroatoms. The Hall–Kier alpha value is -2.90. The molecule has 1 aromatic rings. The van der Waals surface area contributed by atoms with Crippen LogP contribution < -0.4 is 5.32 Å². The molecule has 5 rings (SSSR count). The van der Waals surface area contributed by atoms with Gasteiger partial charge in [0.25, 0.3) is 0 Å². The summed E-state index contributed by atoms with van der Waals surface area (Å²) < 4.78 is 0. The number of amides is 4. The molecule has 4 aliphatic rings. The summed E-state index contributed by atoms with van der Waals surface area (Å²) in [4.78, 5) is 57.1. The van der Waals surface area contributed by atoms with Gasteiger partial charge in [-0.1, -0.05) is 81.7 Å². The van der Waals surface area contributed by atoms with Gasteiger partial charge in [0, 0.05) is 38.8 Å². The molecule has 1 aromatic carbocycles. The van der Waals surface area contributed by atoms with E-state index >= 15 is 0 Å². The molecule has 4 amide bonds. The van der Waals surface area contributed by atoms with Crippen LogP contribution in [0.15, 0.2) is 30.3 Å². The first kappa shape index (κ1) is 30.6. The maximum Gasteiger partial charge on any atom is 0.312 e. The SMILES string of the molecule is O=C1NC[C@@H](CCCCN2C[C@H](Cc3ccccc3)N(CCC3CCCCC3)C(=O)C2=O)N(CC2CCCCC2)C1=O. The van der Waals surface area contributed by atoms with E-state index in [1.807, 2.05) is 28.0 Å². The monoisotopic (exact) mass is 578 g/mol. The van der Waals surface area contributed by atoms with Crippen LogP contribution >= 0.6 is 0 Å². The van der Waals surface area contributed by atoms with Crippen molar-refractivity contribution in [2.75, 3.05) is 32.7 Å². The Morgan fingerprint density at radius 2 is 1.36 bits per heavy atom. The summed E-state index contributed by atoms with van der Waals surface area (Å²) in [6.45, 7) is 2.94. The van der Waals surface area contributed by atoms with Crippen LogP contribution in [0, 0.1) is 11.8 Å². The van der Waals surface area contributed by atoms with E-state index in [4.69, 9.17) is 0 Å². The van der Waals surface area contributed by atoms with E-state index < -0.39 is 11.8 Å². The molecule has 1 N–H and O–H groups in total. The average Bonchev–Trinajstić information content (AvgIpc) is 3.02. The molecule has 2 atom stereocenters. The lowest BCUT2D eigenvalue weighted by molar-refractivity contribution is -0.159. The molecule has 2 aliphatic carbocycles. The highest BCUT2D eigenvalue weighted by molar-refractivity contribution is 6.36. The Kier molecular flexibility index (Phi) is 10.9. The summed E-state index contributed by atoms with van der Waals surface area (Å²) in [6, 6.07) is 10.3. The molecule has 2 aliphatic heterocycles. The third-order valence-electron chi connectivity index (χ3n) is 10.2. The summed E-state index contributed by atoms with van der Waals surface area (Å²) in [5.74, 6) is -0.469. The lowest BCUT2D eigenvalue weighted by atomic mass is 9.86. The zero-order chi connectivity index (χ0) is 29.3. The molecule has 8 nitrogen and oxygen atoms in total. The maximum atomic E-state index is 13.4. The van der Waals surface area contributed by atoms with Crippen molar-refractivity contribution in [1.29, 1.82) is 0 Å². The fraction of sp³-hybridized carbons (Fsp3) is 0.706. The first-order valence-corrected chi connectivity index (χ1v) is 16.7. The first-order valence-electron chi connectivity index (χ1n) is 16.7. The van der Waals surface area contributed by atoms with Crippen molar-refractivity contribution in [3.05, 3.63) is 35.9 Å². The van der Waals surface area contributed by atoms with Crippen LogP contribution in [-0.2, 0) is 25.6 Å². The standard InChI is InChI=1S/C34H50N4O4/c39-31-32(40)38(24-28-16-8-3-9-17-28)29(23-35-31)18-10-11-20-36-25-30(22-27-14-6-2-7-15-27)37(34(42)33(36)41)21-19-26-12-4-1-5-13-26/h2,6-7,14-15,26,28-30H,1,3-5,8-13,16-25H2,(H,35,39)/t29-,30+/m1/s1. The van der Waals surface area contributed by atoms with Gasteiger partial charge in [-0.2, -0.15) is 0 Å². The fourth-order valence-electron chi connectivity index (χ4n) is 7.71. The Labute approximate surface area is 251 Å². The van der Waals surface area contributed by atoms with Gasteiger partial charge in [0.15, 0.2) is 0 Å². The number of nitrogens with zero attached hydrogens (tertiary/aromatic N) is 3. The molecule has 4 fully saturated rings. The zero-order valence-electron chi connectivity index (χ0n) is 25.3. The average molecular weight is 579 g/mol. The van der Waals surface area contributed by atoms with Gasteiger partial charge in [0.2, 0.25) is 0 Å². The molecule has 0 bridgehead atoms. The van der Waals surface area contributed by atoms with Crippen LogP contribution in [0.4, 0.5) is 0 Å². The molecule has 0 spiro atoms. The molecule has 2 saturated heterocycles. The molecule has 2 heterocycles. The van der Waals surface area contributed by atoms with Crippen molar-refractivity contribution >= 4 is 23.6 Å². The first-order chi connectivity index (χ1) is 20.5. The van der Waals surface area contributed by atoms with Gasteiger partial charge in [-0.25, -0.2) is 0 Å². The van der Waals surface area contributed by atoms with Gasteiger partial charge in [0.05, 0.1) is 6.04 Å². The van der Waals surface area contributed by atoms with E-state index in [1.165, 1.54) is 56.9 Å². The number of unbranched alkanes of at least 4 members (excludes halogenated alkanes) is 1. The second kappa shape index (κ2) is 15.0. The van der Waals surface area contributed by atoms with Crippen LogP contribution in [0.5, 0.6) is 0 Å². The number of rotatable bonds is 12. The number of carbonyl (C=O) groups is 4. The Bertz CT molecular complexity index is 1070. The predicted molar refractivity (Wildman–Crippen MR) is 162 cm³/mol. The zero-order valence-corrected chi connectivity index (χ0v) is 25.3. The van der Waals surface area contributed by atoms with Gasteiger partial charge in [-0.05, 0) is 62.3 Å². The van der Waals surface area contributed by atoms with Crippen LogP contribution in [-0.4, -0.2) is 83.1 Å². The summed E-state index contributed by atoms with van der Waals surface area (Å²) >= 11 is 0. The third-order valence-corrected chi connectivity index (χ3v) is 10.2. The van der Waals surface area contributed by atoms with Crippen LogP contribution in [0.3, 0.4) is 0 Å². The van der Waals surface area contributed by atoms with Crippen LogP contribution in [0.2, 0.25) is 0 Å². The summed E-state index contributed by atoms with van der Waals surface area (Å²) in [5, 5.41) is 2.78.